The maximum Gasteiger partial charge on any atom is 0.194 e. The van der Waals surface area contributed by atoms with Crippen LogP contribution in [0.15, 0.2) is 29.3 Å². The summed E-state index contributed by atoms with van der Waals surface area (Å²) in [5.74, 6) is 2.72. The van der Waals surface area contributed by atoms with Crippen molar-refractivity contribution >= 4 is 5.96 Å². The number of halogens is 1. The second kappa shape index (κ2) is 7.20. The first-order chi connectivity index (χ1) is 12.2. The van der Waals surface area contributed by atoms with E-state index in [1.54, 1.807) is 12.1 Å². The number of nitrogens with zero attached hydrogens (tertiary/aromatic N) is 2. The van der Waals surface area contributed by atoms with Crippen LogP contribution in [-0.4, -0.2) is 55.9 Å². The van der Waals surface area contributed by atoms with E-state index in [1.807, 2.05) is 0 Å². The number of likely N-dealkylation sites (tertiary alicyclic amines) is 1. The summed E-state index contributed by atoms with van der Waals surface area (Å²) >= 11 is 0. The zero-order valence-corrected chi connectivity index (χ0v) is 14.7. The topological polar surface area (TPSA) is 46.1 Å². The molecule has 1 N–H and O–H groups in total. The molecule has 25 heavy (non-hydrogen) atoms. The van der Waals surface area contributed by atoms with Crippen LogP contribution in [0.3, 0.4) is 0 Å². The molecule has 2 bridgehead atoms. The molecule has 1 aromatic rings. The van der Waals surface area contributed by atoms with Gasteiger partial charge in [-0.05, 0) is 44.0 Å². The highest BCUT2D eigenvalue weighted by molar-refractivity contribution is 5.80. The lowest BCUT2D eigenvalue weighted by atomic mass is 9.82. The van der Waals surface area contributed by atoms with Crippen molar-refractivity contribution in [3.05, 3.63) is 30.1 Å². The normalized spacial score (nSPS) is 30.6. The maximum atomic E-state index is 12.9. The van der Waals surface area contributed by atoms with Crippen LogP contribution in [0.2, 0.25) is 0 Å². The van der Waals surface area contributed by atoms with E-state index in [0.29, 0.717) is 42.9 Å². The Balaban J connectivity index is 1.31. The molecule has 0 spiro atoms. The highest BCUT2D eigenvalue weighted by Gasteiger charge is 2.53. The van der Waals surface area contributed by atoms with E-state index in [4.69, 9.17) is 14.5 Å². The van der Waals surface area contributed by atoms with Crippen molar-refractivity contribution in [1.82, 2.24) is 10.2 Å². The summed E-state index contributed by atoms with van der Waals surface area (Å²) < 4.78 is 24.6. The third-order valence-corrected chi connectivity index (χ3v) is 5.52. The average Bonchev–Trinajstić information content (AvgIpc) is 3.32. The van der Waals surface area contributed by atoms with Gasteiger partial charge in [0.15, 0.2) is 5.96 Å². The average molecular weight is 347 g/mol. The monoisotopic (exact) mass is 347 g/mol. The lowest BCUT2D eigenvalue weighted by molar-refractivity contribution is 0.0767. The molecule has 0 saturated carbocycles. The fourth-order valence-corrected chi connectivity index (χ4v) is 4.40. The summed E-state index contributed by atoms with van der Waals surface area (Å²) in [6.07, 6.45) is 3.37. The molecule has 5 nitrogen and oxygen atoms in total. The quantitative estimate of drug-likeness (QED) is 0.504. The molecular formula is C19H26FN3O2. The molecule has 3 heterocycles. The van der Waals surface area contributed by atoms with Crippen molar-refractivity contribution in [3.63, 3.8) is 0 Å². The number of rotatable bonds is 5. The van der Waals surface area contributed by atoms with Crippen LogP contribution in [0, 0.1) is 17.7 Å². The van der Waals surface area contributed by atoms with Crippen molar-refractivity contribution in [2.75, 3.05) is 32.8 Å². The van der Waals surface area contributed by atoms with E-state index in [-0.39, 0.29) is 5.82 Å². The number of fused-ring (bicyclic) bond motifs is 5. The molecule has 1 aromatic carbocycles. The van der Waals surface area contributed by atoms with Crippen LogP contribution in [0.1, 0.15) is 19.8 Å². The van der Waals surface area contributed by atoms with Gasteiger partial charge in [0.2, 0.25) is 0 Å². The van der Waals surface area contributed by atoms with Gasteiger partial charge in [-0.1, -0.05) is 0 Å². The van der Waals surface area contributed by atoms with Crippen molar-refractivity contribution in [1.29, 1.82) is 0 Å². The molecule has 3 aliphatic rings. The Bertz CT molecular complexity index is 604. The van der Waals surface area contributed by atoms with E-state index in [2.05, 4.69) is 17.1 Å². The Morgan fingerprint density at radius 1 is 1.24 bits per heavy atom. The first kappa shape index (κ1) is 16.6. The minimum Gasteiger partial charge on any atom is -0.492 e. The first-order valence-corrected chi connectivity index (χ1v) is 9.31. The minimum atomic E-state index is -0.252. The number of hydrogen-bond donors (Lipinski definition) is 1. The highest BCUT2D eigenvalue weighted by Crippen LogP contribution is 2.47. The van der Waals surface area contributed by atoms with Crippen molar-refractivity contribution in [2.45, 2.75) is 32.0 Å². The Morgan fingerprint density at radius 3 is 2.56 bits per heavy atom. The fraction of sp³-hybridized carbons (Fsp3) is 0.632. The summed E-state index contributed by atoms with van der Waals surface area (Å²) in [6, 6.07) is 6.09. The van der Waals surface area contributed by atoms with Gasteiger partial charge < -0.3 is 19.7 Å². The molecule has 136 valence electrons. The van der Waals surface area contributed by atoms with Crippen molar-refractivity contribution < 1.29 is 13.9 Å². The molecule has 3 saturated heterocycles. The minimum absolute atomic E-state index is 0.252. The molecule has 6 heteroatoms. The van der Waals surface area contributed by atoms with Gasteiger partial charge in [-0.15, -0.1) is 0 Å². The number of aliphatic imine (C=N–C) groups is 1. The largest absolute Gasteiger partial charge is 0.492 e. The third kappa shape index (κ3) is 3.45. The van der Waals surface area contributed by atoms with E-state index in [0.717, 1.165) is 25.6 Å². The second-order valence-corrected chi connectivity index (χ2v) is 7.06. The lowest BCUT2D eigenvalue weighted by Crippen LogP contribution is -2.41. The molecule has 0 aromatic heterocycles. The van der Waals surface area contributed by atoms with Crippen molar-refractivity contribution in [3.8, 4) is 5.75 Å². The molecule has 0 aliphatic carbocycles. The summed E-state index contributed by atoms with van der Waals surface area (Å²) in [4.78, 5) is 7.10. The number of ether oxygens (including phenoxy) is 2. The van der Waals surface area contributed by atoms with Crippen LogP contribution < -0.4 is 10.1 Å². The number of nitrogens with one attached hydrogen (secondary N) is 1. The van der Waals surface area contributed by atoms with E-state index in [1.165, 1.54) is 25.0 Å². The molecule has 0 amide bonds. The number of guanidine groups is 1. The van der Waals surface area contributed by atoms with Gasteiger partial charge in [0, 0.05) is 31.5 Å². The standard InChI is InChI=1S/C19H26FN3O2/c1-2-21-19(22-9-10-24-14-5-3-13(20)4-6-14)23-11-15-16(12-23)18-8-7-17(15)25-18/h3-6,15-18H,2,7-12H2,1H3,(H,21,22). The summed E-state index contributed by atoms with van der Waals surface area (Å²) in [6.45, 7) is 6.08. The molecule has 0 radical (unpaired) electrons. The Labute approximate surface area is 148 Å². The lowest BCUT2D eigenvalue weighted by Gasteiger charge is -2.23. The molecule has 4 rings (SSSR count). The Hall–Kier alpha value is -1.82. The third-order valence-electron chi connectivity index (χ3n) is 5.52. The summed E-state index contributed by atoms with van der Waals surface area (Å²) in [5.41, 5.74) is 0. The summed E-state index contributed by atoms with van der Waals surface area (Å²) in [5, 5.41) is 3.40. The van der Waals surface area contributed by atoms with Gasteiger partial charge in [-0.2, -0.15) is 0 Å². The van der Waals surface area contributed by atoms with Gasteiger partial charge in [0.25, 0.3) is 0 Å². The zero-order chi connectivity index (χ0) is 17.2. The van der Waals surface area contributed by atoms with Gasteiger partial charge in [-0.25, -0.2) is 9.38 Å². The highest BCUT2D eigenvalue weighted by atomic mass is 19.1. The smallest absolute Gasteiger partial charge is 0.194 e. The Kier molecular flexibility index (Phi) is 4.79. The van der Waals surface area contributed by atoms with Crippen molar-refractivity contribution in [2.24, 2.45) is 16.8 Å². The van der Waals surface area contributed by atoms with Crippen LogP contribution in [-0.2, 0) is 4.74 Å². The van der Waals surface area contributed by atoms with E-state index in [9.17, 15) is 4.39 Å². The van der Waals surface area contributed by atoms with Gasteiger partial charge in [0.1, 0.15) is 18.2 Å². The van der Waals surface area contributed by atoms with Gasteiger partial charge in [-0.3, -0.25) is 0 Å². The van der Waals surface area contributed by atoms with Crippen LogP contribution >= 0.6 is 0 Å². The zero-order valence-electron chi connectivity index (χ0n) is 14.7. The van der Waals surface area contributed by atoms with Gasteiger partial charge >= 0.3 is 0 Å². The second-order valence-electron chi connectivity index (χ2n) is 7.06. The molecule has 3 fully saturated rings. The number of hydrogen-bond acceptors (Lipinski definition) is 3. The fourth-order valence-electron chi connectivity index (χ4n) is 4.40. The van der Waals surface area contributed by atoms with Crippen LogP contribution in [0.4, 0.5) is 4.39 Å². The molecular weight excluding hydrogens is 321 g/mol. The molecule has 4 atom stereocenters. The SMILES string of the molecule is CCNC(=NCCOc1ccc(F)cc1)N1CC2C3CCC(O3)C2C1. The predicted molar refractivity (Wildman–Crippen MR) is 94.3 cm³/mol. The number of benzene rings is 1. The maximum absolute atomic E-state index is 12.9. The summed E-state index contributed by atoms with van der Waals surface area (Å²) in [7, 11) is 0. The van der Waals surface area contributed by atoms with E-state index < -0.39 is 0 Å². The Morgan fingerprint density at radius 2 is 1.92 bits per heavy atom. The van der Waals surface area contributed by atoms with Gasteiger partial charge in [0.05, 0.1) is 18.8 Å². The van der Waals surface area contributed by atoms with Crippen LogP contribution in [0.25, 0.3) is 0 Å². The van der Waals surface area contributed by atoms with E-state index >= 15 is 0 Å². The first-order valence-electron chi connectivity index (χ1n) is 9.31. The molecule has 3 aliphatic heterocycles. The molecule has 4 unspecified atom stereocenters. The van der Waals surface area contributed by atoms with Crippen LogP contribution in [0.5, 0.6) is 5.75 Å². The predicted octanol–water partition coefficient (Wildman–Crippen LogP) is 2.28.